The van der Waals surface area contributed by atoms with E-state index in [1.165, 1.54) is 0 Å². The number of benzene rings is 2. The SMILES string of the molecule is O=C(CCCCBr)n1c2ccccc2c2ccccc21. The summed E-state index contributed by atoms with van der Waals surface area (Å²) in [6.45, 7) is 0. The number of nitrogens with zero attached hydrogens (tertiary/aromatic N) is 1. The molecule has 1 heterocycles. The number of halogens is 1. The van der Waals surface area contributed by atoms with E-state index in [2.05, 4.69) is 28.1 Å². The van der Waals surface area contributed by atoms with Crippen LogP contribution >= 0.6 is 15.9 Å². The zero-order valence-corrected chi connectivity index (χ0v) is 12.8. The molecular weight excluding hydrogens is 314 g/mol. The highest BCUT2D eigenvalue weighted by Gasteiger charge is 2.14. The quantitative estimate of drug-likeness (QED) is 0.487. The average Bonchev–Trinajstić information content (AvgIpc) is 2.82. The molecule has 20 heavy (non-hydrogen) atoms. The van der Waals surface area contributed by atoms with E-state index in [0.29, 0.717) is 6.42 Å². The lowest BCUT2D eigenvalue weighted by Crippen LogP contribution is -2.09. The van der Waals surface area contributed by atoms with E-state index in [9.17, 15) is 4.79 Å². The molecule has 0 saturated heterocycles. The molecule has 0 aliphatic heterocycles. The molecule has 0 spiro atoms. The van der Waals surface area contributed by atoms with Crippen LogP contribution in [0.2, 0.25) is 0 Å². The lowest BCUT2D eigenvalue weighted by atomic mass is 10.2. The summed E-state index contributed by atoms with van der Waals surface area (Å²) >= 11 is 3.41. The minimum absolute atomic E-state index is 0.184. The molecule has 1 aromatic heterocycles. The van der Waals surface area contributed by atoms with Crippen LogP contribution in [0.25, 0.3) is 21.8 Å². The van der Waals surface area contributed by atoms with Gasteiger partial charge in [-0.25, -0.2) is 0 Å². The Morgan fingerprint density at radius 2 is 1.45 bits per heavy atom. The first-order chi connectivity index (χ1) is 9.83. The van der Waals surface area contributed by atoms with Gasteiger partial charge in [0.15, 0.2) is 0 Å². The van der Waals surface area contributed by atoms with Gasteiger partial charge in [-0.3, -0.25) is 9.36 Å². The summed E-state index contributed by atoms with van der Waals surface area (Å²) in [5.74, 6) is 0.184. The number of rotatable bonds is 4. The standard InChI is InChI=1S/C17H16BrNO/c18-12-6-5-11-17(20)19-15-9-3-1-7-13(15)14-8-2-4-10-16(14)19/h1-4,7-10H,5-6,11-12H2. The molecular formula is C17H16BrNO. The van der Waals surface area contributed by atoms with E-state index in [-0.39, 0.29) is 5.91 Å². The van der Waals surface area contributed by atoms with Crippen LogP contribution in [0.1, 0.15) is 24.1 Å². The molecule has 0 bridgehead atoms. The first kappa shape index (κ1) is 13.4. The maximum Gasteiger partial charge on any atom is 0.231 e. The van der Waals surface area contributed by atoms with Crippen LogP contribution in [-0.2, 0) is 0 Å². The molecule has 0 N–H and O–H groups in total. The monoisotopic (exact) mass is 329 g/mol. The number of hydrogen-bond acceptors (Lipinski definition) is 1. The Morgan fingerprint density at radius 1 is 0.900 bits per heavy atom. The Bertz CT molecular complexity index is 707. The number of hydrogen-bond donors (Lipinski definition) is 0. The fourth-order valence-electron chi connectivity index (χ4n) is 2.67. The molecule has 3 heteroatoms. The summed E-state index contributed by atoms with van der Waals surface area (Å²) in [7, 11) is 0. The summed E-state index contributed by atoms with van der Waals surface area (Å²) in [6.07, 6.45) is 2.54. The average molecular weight is 330 g/mol. The van der Waals surface area contributed by atoms with Gasteiger partial charge >= 0.3 is 0 Å². The zero-order chi connectivity index (χ0) is 13.9. The fourth-order valence-corrected chi connectivity index (χ4v) is 3.07. The topological polar surface area (TPSA) is 22.0 Å². The molecule has 2 aromatic carbocycles. The predicted octanol–water partition coefficient (Wildman–Crippen LogP) is 5.00. The van der Waals surface area contributed by atoms with Crippen LogP contribution in [0.3, 0.4) is 0 Å². The molecule has 0 unspecified atom stereocenters. The smallest absolute Gasteiger partial charge is 0.231 e. The normalized spacial score (nSPS) is 11.2. The lowest BCUT2D eigenvalue weighted by Gasteiger charge is -2.05. The molecule has 0 aliphatic carbocycles. The van der Waals surface area contributed by atoms with Gasteiger partial charge in [-0.2, -0.15) is 0 Å². The summed E-state index contributed by atoms with van der Waals surface area (Å²) in [4.78, 5) is 12.6. The molecule has 0 aliphatic rings. The first-order valence-electron chi connectivity index (χ1n) is 6.90. The van der Waals surface area contributed by atoms with Crippen molar-refractivity contribution in [3.05, 3.63) is 48.5 Å². The van der Waals surface area contributed by atoms with Crippen molar-refractivity contribution in [2.45, 2.75) is 19.3 Å². The van der Waals surface area contributed by atoms with Crippen LogP contribution < -0.4 is 0 Å². The number of unbranched alkanes of at least 4 members (excludes halogenated alkanes) is 1. The molecule has 0 atom stereocenters. The number of carbonyl (C=O) groups is 1. The third-order valence-electron chi connectivity index (χ3n) is 3.60. The second kappa shape index (κ2) is 5.80. The van der Waals surface area contributed by atoms with E-state index in [1.807, 2.05) is 41.0 Å². The highest BCUT2D eigenvalue weighted by molar-refractivity contribution is 9.09. The van der Waals surface area contributed by atoms with Crippen molar-refractivity contribution >= 4 is 43.6 Å². The molecule has 3 aromatic rings. The minimum Gasteiger partial charge on any atom is -0.280 e. The summed E-state index contributed by atoms with van der Waals surface area (Å²) in [6, 6.07) is 16.2. The maximum atomic E-state index is 12.6. The highest BCUT2D eigenvalue weighted by Crippen LogP contribution is 2.29. The maximum absolute atomic E-state index is 12.6. The lowest BCUT2D eigenvalue weighted by molar-refractivity contribution is 0.0910. The number of alkyl halides is 1. The number of para-hydroxylation sites is 2. The van der Waals surface area contributed by atoms with Crippen LogP contribution in [-0.4, -0.2) is 15.8 Å². The van der Waals surface area contributed by atoms with Crippen molar-refractivity contribution in [3.63, 3.8) is 0 Å². The fraction of sp³-hybridized carbons (Fsp3) is 0.235. The predicted molar refractivity (Wildman–Crippen MR) is 87.7 cm³/mol. The first-order valence-corrected chi connectivity index (χ1v) is 8.02. The molecule has 0 saturated carbocycles. The van der Waals surface area contributed by atoms with Crippen molar-refractivity contribution < 1.29 is 4.79 Å². The van der Waals surface area contributed by atoms with Gasteiger partial charge in [0.25, 0.3) is 0 Å². The second-order valence-electron chi connectivity index (χ2n) is 4.91. The Kier molecular flexibility index (Phi) is 3.88. The number of aromatic nitrogens is 1. The van der Waals surface area contributed by atoms with E-state index in [4.69, 9.17) is 0 Å². The molecule has 102 valence electrons. The van der Waals surface area contributed by atoms with Gasteiger partial charge < -0.3 is 0 Å². The molecule has 0 amide bonds. The molecule has 3 rings (SSSR count). The van der Waals surface area contributed by atoms with Gasteiger partial charge in [0.2, 0.25) is 5.91 Å². The van der Waals surface area contributed by atoms with Gasteiger partial charge in [-0.1, -0.05) is 52.3 Å². The Labute approximate surface area is 126 Å². The number of carbonyl (C=O) groups excluding carboxylic acids is 1. The van der Waals surface area contributed by atoms with Gasteiger partial charge in [0.1, 0.15) is 0 Å². The zero-order valence-electron chi connectivity index (χ0n) is 11.2. The van der Waals surface area contributed by atoms with Gasteiger partial charge in [-0.15, -0.1) is 0 Å². The third kappa shape index (κ3) is 2.27. The van der Waals surface area contributed by atoms with Crippen molar-refractivity contribution in [1.29, 1.82) is 0 Å². The number of fused-ring (bicyclic) bond motifs is 3. The Morgan fingerprint density at radius 3 is 2.00 bits per heavy atom. The Hall–Kier alpha value is -1.61. The van der Waals surface area contributed by atoms with E-state index >= 15 is 0 Å². The van der Waals surface area contributed by atoms with Crippen LogP contribution in [0.5, 0.6) is 0 Å². The van der Waals surface area contributed by atoms with Crippen LogP contribution in [0.4, 0.5) is 0 Å². The highest BCUT2D eigenvalue weighted by atomic mass is 79.9. The van der Waals surface area contributed by atoms with E-state index in [0.717, 1.165) is 40.0 Å². The van der Waals surface area contributed by atoms with Crippen LogP contribution in [0, 0.1) is 0 Å². The molecule has 0 fully saturated rings. The van der Waals surface area contributed by atoms with E-state index < -0.39 is 0 Å². The third-order valence-corrected chi connectivity index (χ3v) is 4.16. The summed E-state index contributed by atoms with van der Waals surface area (Å²) < 4.78 is 1.87. The van der Waals surface area contributed by atoms with Gasteiger partial charge in [0.05, 0.1) is 11.0 Å². The van der Waals surface area contributed by atoms with Crippen LogP contribution in [0.15, 0.2) is 48.5 Å². The van der Waals surface area contributed by atoms with Crippen molar-refractivity contribution in [3.8, 4) is 0 Å². The van der Waals surface area contributed by atoms with Crippen molar-refractivity contribution in [2.75, 3.05) is 5.33 Å². The Balaban J connectivity index is 2.14. The molecule has 0 radical (unpaired) electrons. The summed E-state index contributed by atoms with van der Waals surface area (Å²) in [5.41, 5.74) is 2.02. The van der Waals surface area contributed by atoms with Gasteiger partial charge in [-0.05, 0) is 25.0 Å². The summed E-state index contributed by atoms with van der Waals surface area (Å²) in [5, 5.41) is 3.25. The largest absolute Gasteiger partial charge is 0.280 e. The second-order valence-corrected chi connectivity index (χ2v) is 5.70. The van der Waals surface area contributed by atoms with Crippen molar-refractivity contribution in [1.82, 2.24) is 4.57 Å². The molecule has 2 nitrogen and oxygen atoms in total. The van der Waals surface area contributed by atoms with Gasteiger partial charge in [0, 0.05) is 22.5 Å². The van der Waals surface area contributed by atoms with E-state index in [1.54, 1.807) is 0 Å². The van der Waals surface area contributed by atoms with Crippen molar-refractivity contribution in [2.24, 2.45) is 0 Å². The minimum atomic E-state index is 0.184.